The fourth-order valence-corrected chi connectivity index (χ4v) is 5.39. The molecule has 0 aliphatic carbocycles. The van der Waals surface area contributed by atoms with Gasteiger partial charge in [-0.1, -0.05) is 6.07 Å². The summed E-state index contributed by atoms with van der Waals surface area (Å²) < 4.78 is 26.6. The summed E-state index contributed by atoms with van der Waals surface area (Å²) in [5.74, 6) is -2.67. The molecule has 4 N–H and O–H groups in total. The highest BCUT2D eigenvalue weighted by atomic mass is 32.1. The van der Waals surface area contributed by atoms with Crippen molar-refractivity contribution >= 4 is 50.2 Å². The van der Waals surface area contributed by atoms with Gasteiger partial charge in [0.05, 0.1) is 22.3 Å². The number of rotatable bonds is 9. The van der Waals surface area contributed by atoms with E-state index in [1.165, 1.54) is 34.8 Å². The number of thiazole rings is 2. The van der Waals surface area contributed by atoms with Gasteiger partial charge < -0.3 is 21.1 Å². The molecule has 5 aromatic rings. The molecule has 14 heteroatoms. The van der Waals surface area contributed by atoms with Gasteiger partial charge in [0.1, 0.15) is 21.6 Å². The summed E-state index contributed by atoms with van der Waals surface area (Å²) in [5, 5.41) is 20.4. The molecule has 10 nitrogen and oxygen atoms in total. The monoisotopic (exact) mass is 623 g/mol. The SMILES string of the molecule is Cc1cc(NC(=O)c2nc(C)sc2NCc2cc(F)cc(F)c2)ccn1.Cc1nc(C(=O)O)c(NCc2ccccn2)s1. The second kappa shape index (κ2) is 14.4. The highest BCUT2D eigenvalue weighted by molar-refractivity contribution is 7.16. The average molecular weight is 624 g/mol. The molecule has 4 aromatic heterocycles. The number of carboxylic acids is 1. The standard InChI is InChI=1S/C18H16F2N4OS.C11H11N3O2S/c1-10-5-15(3-4-21-10)24-17(25)16-18(26-11(2)23-16)22-9-12-6-13(19)8-14(20)7-12;1-7-14-9(11(15)16)10(17-7)13-6-8-4-2-3-5-12-8/h3-8,22H,9H2,1-2H3,(H,21,24,25);2-5,13H,6H2,1H3,(H,15,16). The van der Waals surface area contributed by atoms with Crippen molar-refractivity contribution in [3.63, 3.8) is 0 Å². The number of carboxylic acid groups (broad SMARTS) is 1. The molecule has 0 spiro atoms. The van der Waals surface area contributed by atoms with Gasteiger partial charge in [-0.15, -0.1) is 22.7 Å². The number of nitrogens with zero attached hydrogens (tertiary/aromatic N) is 4. The van der Waals surface area contributed by atoms with Gasteiger partial charge in [-0.05, 0) is 62.7 Å². The Morgan fingerprint density at radius 3 is 2.09 bits per heavy atom. The maximum Gasteiger partial charge on any atom is 0.357 e. The largest absolute Gasteiger partial charge is 0.476 e. The van der Waals surface area contributed by atoms with Crippen molar-refractivity contribution in [2.24, 2.45) is 0 Å². The molecule has 0 unspecified atom stereocenters. The van der Waals surface area contributed by atoms with E-state index in [0.29, 0.717) is 32.8 Å². The van der Waals surface area contributed by atoms with Crippen LogP contribution in [-0.2, 0) is 13.1 Å². The molecule has 43 heavy (non-hydrogen) atoms. The minimum absolute atomic E-state index is 0.0726. The molecule has 0 fully saturated rings. The topological polar surface area (TPSA) is 142 Å². The molecule has 1 aromatic carbocycles. The Balaban J connectivity index is 0.000000215. The van der Waals surface area contributed by atoms with Crippen LogP contribution >= 0.6 is 22.7 Å². The van der Waals surface area contributed by atoms with Crippen molar-refractivity contribution in [3.05, 3.63) is 111 Å². The number of aromatic nitrogens is 4. The molecule has 0 saturated carbocycles. The van der Waals surface area contributed by atoms with E-state index < -0.39 is 17.6 Å². The van der Waals surface area contributed by atoms with Crippen LogP contribution in [0.5, 0.6) is 0 Å². The predicted octanol–water partition coefficient (Wildman–Crippen LogP) is 6.45. The lowest BCUT2D eigenvalue weighted by Crippen LogP contribution is -2.15. The molecule has 0 saturated heterocycles. The average Bonchev–Trinajstić information content (AvgIpc) is 3.53. The van der Waals surface area contributed by atoms with Crippen LogP contribution in [0.1, 0.15) is 47.9 Å². The zero-order valence-electron chi connectivity index (χ0n) is 23.3. The zero-order chi connectivity index (χ0) is 30.9. The van der Waals surface area contributed by atoms with Crippen LogP contribution in [0.2, 0.25) is 0 Å². The second-order valence-electron chi connectivity index (χ2n) is 9.07. The molecule has 1 amide bonds. The number of nitrogens with one attached hydrogen (secondary N) is 3. The first-order valence-electron chi connectivity index (χ1n) is 12.8. The summed E-state index contributed by atoms with van der Waals surface area (Å²) in [6.07, 6.45) is 3.31. The fourth-order valence-electron chi connectivity index (χ4n) is 3.78. The maximum absolute atomic E-state index is 13.3. The van der Waals surface area contributed by atoms with Crippen LogP contribution in [-0.4, -0.2) is 36.9 Å². The number of benzene rings is 1. The molecular formula is C29H27F2N7O3S2. The number of carbonyl (C=O) groups is 2. The van der Waals surface area contributed by atoms with Gasteiger partial charge in [0.2, 0.25) is 0 Å². The third kappa shape index (κ3) is 9.08. The molecule has 0 aliphatic heterocycles. The lowest BCUT2D eigenvalue weighted by atomic mass is 10.2. The Hall–Kier alpha value is -4.82. The first-order chi connectivity index (χ1) is 20.6. The van der Waals surface area contributed by atoms with E-state index in [4.69, 9.17) is 5.11 Å². The summed E-state index contributed by atoms with van der Waals surface area (Å²) in [5.41, 5.74) is 3.00. The van der Waals surface area contributed by atoms with Crippen molar-refractivity contribution in [1.29, 1.82) is 0 Å². The quantitative estimate of drug-likeness (QED) is 0.146. The van der Waals surface area contributed by atoms with Gasteiger partial charge in [0.15, 0.2) is 11.4 Å². The van der Waals surface area contributed by atoms with E-state index in [-0.39, 0.29) is 23.8 Å². The summed E-state index contributed by atoms with van der Waals surface area (Å²) in [4.78, 5) is 39.9. The van der Waals surface area contributed by atoms with Crippen LogP contribution in [0.4, 0.5) is 24.5 Å². The van der Waals surface area contributed by atoms with Crippen molar-refractivity contribution < 1.29 is 23.5 Å². The molecule has 5 rings (SSSR count). The molecule has 0 bridgehead atoms. The van der Waals surface area contributed by atoms with Crippen LogP contribution in [0, 0.1) is 32.4 Å². The molecule has 0 atom stereocenters. The van der Waals surface area contributed by atoms with Crippen molar-refractivity contribution in [3.8, 4) is 0 Å². The number of amides is 1. The van der Waals surface area contributed by atoms with Crippen molar-refractivity contribution in [2.75, 3.05) is 16.0 Å². The van der Waals surface area contributed by atoms with E-state index in [2.05, 4.69) is 35.9 Å². The Morgan fingerprint density at radius 2 is 1.47 bits per heavy atom. The second-order valence-corrected chi connectivity index (χ2v) is 11.5. The molecule has 4 heterocycles. The van der Waals surface area contributed by atoms with Gasteiger partial charge in [0.25, 0.3) is 5.91 Å². The number of pyridine rings is 2. The number of aromatic carboxylic acids is 1. The Labute approximate surface area is 253 Å². The fraction of sp³-hybridized carbons (Fsp3) is 0.172. The predicted molar refractivity (Wildman–Crippen MR) is 163 cm³/mol. The van der Waals surface area contributed by atoms with Crippen LogP contribution in [0.25, 0.3) is 0 Å². The van der Waals surface area contributed by atoms with Crippen LogP contribution in [0.15, 0.2) is 60.9 Å². The first-order valence-corrected chi connectivity index (χ1v) is 14.5. The van der Waals surface area contributed by atoms with Crippen molar-refractivity contribution in [1.82, 2.24) is 19.9 Å². The molecule has 222 valence electrons. The molecular weight excluding hydrogens is 596 g/mol. The van der Waals surface area contributed by atoms with Gasteiger partial charge in [-0.25, -0.2) is 23.5 Å². The number of carbonyl (C=O) groups excluding carboxylic acids is 1. The number of halogens is 2. The number of hydrogen-bond donors (Lipinski definition) is 4. The number of anilines is 3. The maximum atomic E-state index is 13.3. The van der Waals surface area contributed by atoms with Gasteiger partial charge >= 0.3 is 5.97 Å². The normalized spacial score (nSPS) is 10.4. The van der Waals surface area contributed by atoms with E-state index in [9.17, 15) is 18.4 Å². The van der Waals surface area contributed by atoms with Crippen molar-refractivity contribution in [2.45, 2.75) is 33.9 Å². The summed E-state index contributed by atoms with van der Waals surface area (Å²) in [6.45, 7) is 6.05. The highest BCUT2D eigenvalue weighted by Gasteiger charge is 2.18. The van der Waals surface area contributed by atoms with E-state index >= 15 is 0 Å². The van der Waals surface area contributed by atoms with Gasteiger partial charge in [0, 0.05) is 36.4 Å². The smallest absolute Gasteiger partial charge is 0.357 e. The Morgan fingerprint density at radius 1 is 0.814 bits per heavy atom. The van der Waals surface area contributed by atoms with E-state index in [1.807, 2.05) is 25.1 Å². The summed E-state index contributed by atoms with van der Waals surface area (Å²) in [7, 11) is 0. The Bertz CT molecular complexity index is 1710. The minimum atomic E-state index is -1.02. The number of aryl methyl sites for hydroxylation is 3. The van der Waals surface area contributed by atoms with Gasteiger partial charge in [-0.3, -0.25) is 14.8 Å². The van der Waals surface area contributed by atoms with E-state index in [0.717, 1.165) is 22.5 Å². The summed E-state index contributed by atoms with van der Waals surface area (Å²) in [6, 6.07) is 12.3. The highest BCUT2D eigenvalue weighted by Crippen LogP contribution is 2.26. The van der Waals surface area contributed by atoms with Gasteiger partial charge in [-0.2, -0.15) is 0 Å². The molecule has 0 aliphatic rings. The third-order valence-corrected chi connectivity index (χ3v) is 7.43. The lowest BCUT2D eigenvalue weighted by Gasteiger charge is -2.08. The summed E-state index contributed by atoms with van der Waals surface area (Å²) >= 11 is 2.63. The number of hydrogen-bond acceptors (Lipinski definition) is 10. The Kier molecular flexibility index (Phi) is 10.4. The van der Waals surface area contributed by atoms with E-state index in [1.54, 1.807) is 38.4 Å². The zero-order valence-corrected chi connectivity index (χ0v) is 24.9. The van der Waals surface area contributed by atoms with Crippen LogP contribution in [0.3, 0.4) is 0 Å². The van der Waals surface area contributed by atoms with Crippen LogP contribution < -0.4 is 16.0 Å². The third-order valence-electron chi connectivity index (χ3n) is 5.57. The molecule has 0 radical (unpaired) electrons. The first kappa shape index (κ1) is 31.1. The lowest BCUT2D eigenvalue weighted by molar-refractivity contribution is 0.0692. The minimum Gasteiger partial charge on any atom is -0.476 e.